The fourth-order valence-corrected chi connectivity index (χ4v) is 5.56. The van der Waals surface area contributed by atoms with E-state index in [1.54, 1.807) is 11.9 Å². The number of allylic oxidation sites excluding steroid dienone is 2. The molecule has 35 heavy (non-hydrogen) atoms. The number of hydrogen-bond acceptors (Lipinski definition) is 6. The number of fused-ring (bicyclic) bond motifs is 2. The molecule has 5 rings (SSSR count). The lowest BCUT2D eigenvalue weighted by atomic mass is 9.82. The van der Waals surface area contributed by atoms with Gasteiger partial charge in [-0.15, -0.1) is 0 Å². The van der Waals surface area contributed by atoms with Crippen LogP contribution in [-0.4, -0.2) is 51.7 Å². The van der Waals surface area contributed by atoms with Gasteiger partial charge in [0.15, 0.2) is 12.2 Å². The molecule has 2 saturated heterocycles. The van der Waals surface area contributed by atoms with Gasteiger partial charge in [0.25, 0.3) is 0 Å². The maximum atomic E-state index is 15.4. The summed E-state index contributed by atoms with van der Waals surface area (Å²) in [6.07, 6.45) is 4.19. The fraction of sp³-hybridized carbons (Fsp3) is 0.440. The number of dihydropyridines is 1. The van der Waals surface area contributed by atoms with Crippen LogP contribution in [0.1, 0.15) is 38.7 Å². The predicted octanol–water partition coefficient (Wildman–Crippen LogP) is 4.53. The Morgan fingerprint density at radius 1 is 1.09 bits per heavy atom. The maximum absolute atomic E-state index is 15.4. The molecule has 2 fully saturated rings. The van der Waals surface area contributed by atoms with E-state index in [9.17, 15) is 18.3 Å². The number of aromatic hydroxyl groups is 1. The number of aromatic nitrogens is 2. The Balaban J connectivity index is 1.40. The third-order valence-corrected chi connectivity index (χ3v) is 7.44. The highest BCUT2D eigenvalue weighted by molar-refractivity contribution is 5.80. The first-order chi connectivity index (χ1) is 16.5. The van der Waals surface area contributed by atoms with Crippen molar-refractivity contribution in [3.63, 3.8) is 0 Å². The number of nitrogens with one attached hydrogen (secondary N) is 2. The molecule has 1 unspecified atom stereocenters. The summed E-state index contributed by atoms with van der Waals surface area (Å²) in [5.41, 5.74) is -0.628. The maximum Gasteiger partial charge on any atom is 0.191 e. The molecule has 186 valence electrons. The van der Waals surface area contributed by atoms with E-state index in [4.69, 9.17) is 0 Å². The second-order valence-corrected chi connectivity index (χ2v) is 10.2. The Bertz CT molecular complexity index is 1220. The number of halogens is 4. The van der Waals surface area contributed by atoms with Crippen molar-refractivity contribution in [1.82, 2.24) is 20.6 Å². The number of rotatable bonds is 4. The van der Waals surface area contributed by atoms with Gasteiger partial charge in [0.1, 0.15) is 23.6 Å². The van der Waals surface area contributed by atoms with Crippen LogP contribution in [0.2, 0.25) is 0 Å². The van der Waals surface area contributed by atoms with Gasteiger partial charge in [-0.2, -0.15) is 4.39 Å². The van der Waals surface area contributed by atoms with E-state index in [2.05, 4.69) is 22.2 Å². The van der Waals surface area contributed by atoms with Gasteiger partial charge in [-0.05, 0) is 63.0 Å². The van der Waals surface area contributed by atoms with Crippen LogP contribution in [0, 0.1) is 5.82 Å². The minimum Gasteiger partial charge on any atom is -0.507 e. The molecular formula is C25H27F4N5O. The summed E-state index contributed by atoms with van der Waals surface area (Å²) in [6, 6.07) is 1.76. The van der Waals surface area contributed by atoms with Gasteiger partial charge in [0.05, 0.1) is 24.1 Å². The van der Waals surface area contributed by atoms with Crippen LogP contribution in [0.4, 0.5) is 23.4 Å². The Morgan fingerprint density at radius 3 is 2.54 bits per heavy atom. The summed E-state index contributed by atoms with van der Waals surface area (Å²) in [4.78, 5) is 10.5. The smallest absolute Gasteiger partial charge is 0.191 e. The number of alkyl halides is 2. The van der Waals surface area contributed by atoms with Crippen molar-refractivity contribution in [2.45, 2.75) is 62.7 Å². The Hall–Kier alpha value is -3.14. The molecule has 5 atom stereocenters. The minimum absolute atomic E-state index is 0.0322. The van der Waals surface area contributed by atoms with Gasteiger partial charge in [0, 0.05) is 29.3 Å². The number of hydrogen-bond donors (Lipinski definition) is 3. The van der Waals surface area contributed by atoms with Crippen molar-refractivity contribution >= 4 is 11.4 Å². The van der Waals surface area contributed by atoms with Crippen LogP contribution in [-0.2, 0) is 0 Å². The molecule has 4 heterocycles. The minimum atomic E-state index is -1.81. The van der Waals surface area contributed by atoms with Gasteiger partial charge in [-0.1, -0.05) is 0 Å². The van der Waals surface area contributed by atoms with Crippen LogP contribution < -0.4 is 15.5 Å². The zero-order chi connectivity index (χ0) is 25.1. The molecule has 1 aromatic heterocycles. The molecule has 3 aliphatic rings. The normalized spacial score (nSPS) is 32.0. The molecule has 0 amide bonds. The quantitative estimate of drug-likeness (QED) is 0.433. The van der Waals surface area contributed by atoms with Crippen molar-refractivity contribution in [2.75, 3.05) is 11.9 Å². The first kappa shape index (κ1) is 23.6. The zero-order valence-corrected chi connectivity index (χ0v) is 19.6. The summed E-state index contributed by atoms with van der Waals surface area (Å²) in [5.74, 6) is -1.58. The van der Waals surface area contributed by atoms with Crippen LogP contribution in [0.3, 0.4) is 0 Å². The number of benzene rings is 1. The van der Waals surface area contributed by atoms with Gasteiger partial charge in [0.2, 0.25) is 0 Å². The van der Waals surface area contributed by atoms with E-state index in [1.165, 1.54) is 12.4 Å². The van der Waals surface area contributed by atoms with Crippen molar-refractivity contribution in [3.8, 4) is 17.0 Å². The highest BCUT2D eigenvalue weighted by Crippen LogP contribution is 2.45. The van der Waals surface area contributed by atoms with Crippen molar-refractivity contribution in [1.29, 1.82) is 0 Å². The van der Waals surface area contributed by atoms with Crippen LogP contribution in [0.5, 0.6) is 5.75 Å². The molecule has 0 radical (unpaired) electrons. The molecule has 0 spiro atoms. The van der Waals surface area contributed by atoms with Gasteiger partial charge in [-0.25, -0.2) is 18.2 Å². The number of nitrogens with zero attached hydrogens (tertiary/aromatic N) is 3. The standard InChI is InChI=1S/C25H27F4N5O/c1-24-4-5-25(2,33-24)23(29)18(10-24)34(3)22-12-30-17(11-31-22)15-8-16(26)14(9-19(15)35)13-6-20(27)32-21(28)7-13/h6-9,11-12,18,20,23,32-33,35H,4-5,10H2,1-3H3/t18-,20?,23-,24-,25+/m0/s1. The molecule has 6 nitrogen and oxygen atoms in total. The molecule has 0 aliphatic carbocycles. The SMILES string of the molecule is CN(c1cnc(-c2cc(F)c(C3=CC(F)NC(F)=C3)cc2O)cn1)[C@H]1C[C@]2(C)CC[C@@](C)(N2)[C@H]1F. The van der Waals surface area contributed by atoms with Crippen molar-refractivity contribution in [2.24, 2.45) is 0 Å². The first-order valence-corrected chi connectivity index (χ1v) is 11.5. The van der Waals surface area contributed by atoms with E-state index >= 15 is 4.39 Å². The summed E-state index contributed by atoms with van der Waals surface area (Å²) < 4.78 is 57.4. The molecule has 2 bridgehead atoms. The molecular weight excluding hydrogens is 462 g/mol. The van der Waals surface area contributed by atoms with E-state index in [0.29, 0.717) is 12.2 Å². The third kappa shape index (κ3) is 4.13. The lowest BCUT2D eigenvalue weighted by Gasteiger charge is -2.47. The summed E-state index contributed by atoms with van der Waals surface area (Å²) in [5, 5.41) is 15.9. The van der Waals surface area contributed by atoms with E-state index in [1.807, 2.05) is 12.2 Å². The largest absolute Gasteiger partial charge is 0.507 e. The molecule has 3 N–H and O–H groups in total. The highest BCUT2D eigenvalue weighted by Gasteiger charge is 2.56. The number of phenolic OH excluding ortho intramolecular Hbond substituents is 1. The highest BCUT2D eigenvalue weighted by atomic mass is 19.2. The summed E-state index contributed by atoms with van der Waals surface area (Å²) in [7, 11) is 1.78. The third-order valence-electron chi connectivity index (χ3n) is 7.44. The fourth-order valence-electron chi connectivity index (χ4n) is 5.56. The van der Waals surface area contributed by atoms with Crippen LogP contribution in [0.25, 0.3) is 16.8 Å². The second kappa shape index (κ2) is 8.22. The average Bonchev–Trinajstić information content (AvgIpc) is 3.08. The van der Waals surface area contributed by atoms with E-state index in [-0.39, 0.29) is 39.7 Å². The molecule has 1 aromatic carbocycles. The summed E-state index contributed by atoms with van der Waals surface area (Å²) >= 11 is 0. The lowest BCUT2D eigenvalue weighted by Crippen LogP contribution is -2.65. The zero-order valence-electron chi connectivity index (χ0n) is 19.6. The average molecular weight is 490 g/mol. The molecule has 3 aliphatic heterocycles. The van der Waals surface area contributed by atoms with E-state index < -0.39 is 29.8 Å². The monoisotopic (exact) mass is 489 g/mol. The molecule has 2 aromatic rings. The number of piperidine rings is 1. The lowest BCUT2D eigenvalue weighted by molar-refractivity contribution is 0.0859. The van der Waals surface area contributed by atoms with Gasteiger partial charge < -0.3 is 20.6 Å². The Kier molecular flexibility index (Phi) is 5.54. The Morgan fingerprint density at radius 2 is 1.86 bits per heavy atom. The first-order valence-electron chi connectivity index (χ1n) is 11.5. The predicted molar refractivity (Wildman–Crippen MR) is 125 cm³/mol. The number of phenols is 1. The van der Waals surface area contributed by atoms with Crippen LogP contribution >= 0.6 is 0 Å². The Labute approximate surface area is 200 Å². The van der Waals surface area contributed by atoms with E-state index in [0.717, 1.165) is 37.1 Å². The van der Waals surface area contributed by atoms with Crippen LogP contribution in [0.15, 0.2) is 42.6 Å². The van der Waals surface area contributed by atoms with Gasteiger partial charge in [-0.3, -0.25) is 4.98 Å². The van der Waals surface area contributed by atoms with Crippen molar-refractivity contribution < 1.29 is 22.7 Å². The summed E-state index contributed by atoms with van der Waals surface area (Å²) in [6.45, 7) is 4.02. The second-order valence-electron chi connectivity index (χ2n) is 10.2. The molecule has 0 saturated carbocycles. The number of anilines is 1. The van der Waals surface area contributed by atoms with Gasteiger partial charge >= 0.3 is 0 Å². The molecule has 10 heteroatoms. The topological polar surface area (TPSA) is 73.3 Å². The van der Waals surface area contributed by atoms with Crippen molar-refractivity contribution in [3.05, 3.63) is 54.0 Å².